The van der Waals surface area contributed by atoms with Gasteiger partial charge in [0.05, 0.1) is 11.0 Å². The highest BCUT2D eigenvalue weighted by molar-refractivity contribution is 6.34. The van der Waals surface area contributed by atoms with E-state index < -0.39 is 5.97 Å². The fourth-order valence-corrected chi connectivity index (χ4v) is 6.99. The summed E-state index contributed by atoms with van der Waals surface area (Å²) in [6.45, 7) is 3.88. The smallest absolute Gasteiger partial charge is 0.303 e. The van der Waals surface area contributed by atoms with E-state index in [-0.39, 0.29) is 6.42 Å². The van der Waals surface area contributed by atoms with Crippen molar-refractivity contribution in [3.63, 3.8) is 0 Å². The molecule has 0 spiro atoms. The summed E-state index contributed by atoms with van der Waals surface area (Å²) in [5.41, 5.74) is 7.85. The number of benzene rings is 4. The number of carbonyl (C=O) groups is 1. The Bertz CT molecular complexity index is 2430. The number of hydrogen-bond donors (Lipinski definition) is 2. The molecule has 0 radical (unpaired) electrons. The number of carboxylic acid groups (broad SMARTS) is 1. The van der Waals surface area contributed by atoms with Gasteiger partial charge in [0.1, 0.15) is 11.1 Å². The summed E-state index contributed by atoms with van der Waals surface area (Å²) in [5.74, 6) is -0.209. The molecule has 0 saturated carbocycles. The number of fused-ring (bicyclic) bond motifs is 11. The second kappa shape index (κ2) is 12.1. The average molecular weight is 625 g/mol. The molecule has 0 saturated heterocycles. The minimum Gasteiger partial charge on any atom is -0.481 e. The van der Waals surface area contributed by atoms with E-state index in [1.54, 1.807) is 6.20 Å². The van der Waals surface area contributed by atoms with Crippen LogP contribution in [0.2, 0.25) is 0 Å². The van der Waals surface area contributed by atoms with Gasteiger partial charge in [-0.15, -0.1) is 0 Å². The van der Waals surface area contributed by atoms with Gasteiger partial charge in [-0.25, -0.2) is 4.98 Å². The Morgan fingerprint density at radius 1 is 0.851 bits per heavy atom. The van der Waals surface area contributed by atoms with Gasteiger partial charge in [-0.2, -0.15) is 0 Å². The van der Waals surface area contributed by atoms with Gasteiger partial charge in [0, 0.05) is 75.5 Å². The van der Waals surface area contributed by atoms with Gasteiger partial charge in [0.25, 0.3) is 0 Å². The molecule has 236 valence electrons. The van der Waals surface area contributed by atoms with Gasteiger partial charge in [-0.1, -0.05) is 62.6 Å². The van der Waals surface area contributed by atoms with Gasteiger partial charge < -0.3 is 23.8 Å². The molecule has 0 atom stereocenters. The minimum absolute atomic E-state index is 0.211. The quantitative estimate of drug-likeness (QED) is 0.130. The van der Waals surface area contributed by atoms with Gasteiger partial charge in [0.2, 0.25) is 11.5 Å². The maximum atomic E-state index is 11.0. The fourth-order valence-electron chi connectivity index (χ4n) is 6.99. The number of oxazole rings is 1. The van der Waals surface area contributed by atoms with Crippen molar-refractivity contribution in [2.75, 3.05) is 11.9 Å². The number of anilines is 1. The van der Waals surface area contributed by atoms with E-state index in [1.165, 1.54) is 0 Å². The molecule has 4 heterocycles. The first kappa shape index (κ1) is 29.1. The van der Waals surface area contributed by atoms with Crippen LogP contribution in [-0.4, -0.2) is 32.2 Å². The lowest BCUT2D eigenvalue weighted by Crippen LogP contribution is -2.00. The highest BCUT2D eigenvalue weighted by Gasteiger charge is 2.26. The molecule has 0 bridgehead atoms. The van der Waals surface area contributed by atoms with E-state index in [0.29, 0.717) is 23.5 Å². The number of para-hydroxylation sites is 2. The number of unbranched alkanes of at least 4 members (excludes halogenated alkanes) is 4. The Labute approximate surface area is 271 Å². The zero-order valence-electron chi connectivity index (χ0n) is 26.4. The SMILES string of the molecule is CCCCNc1ccc2c(c1)oc1c3oc(-c4ccnc5ccccc45)nc3c3c(c4ccccc4n3CCCCCCC(=O)O)c21. The highest BCUT2D eigenvalue weighted by atomic mass is 16.4. The van der Waals surface area contributed by atoms with Crippen molar-refractivity contribution < 1.29 is 18.7 Å². The van der Waals surface area contributed by atoms with Crippen LogP contribution in [0.4, 0.5) is 5.69 Å². The number of aliphatic carboxylic acids is 1. The molecule has 0 unspecified atom stereocenters. The Hall–Kier alpha value is -5.37. The van der Waals surface area contributed by atoms with Crippen LogP contribution in [0.15, 0.2) is 87.8 Å². The maximum Gasteiger partial charge on any atom is 0.303 e. The minimum atomic E-state index is -0.737. The molecule has 0 aliphatic heterocycles. The third-order valence-corrected chi connectivity index (χ3v) is 9.23. The van der Waals surface area contributed by atoms with E-state index in [4.69, 9.17) is 18.9 Å². The summed E-state index contributed by atoms with van der Waals surface area (Å²) in [7, 11) is 0. The van der Waals surface area contributed by atoms with Crippen LogP contribution in [0.1, 0.15) is 51.9 Å². The molecule has 47 heavy (non-hydrogen) atoms. The molecule has 4 aromatic carbocycles. The number of carboxylic acids is 1. The molecule has 8 heteroatoms. The molecular weight excluding hydrogens is 588 g/mol. The van der Waals surface area contributed by atoms with Crippen molar-refractivity contribution in [2.24, 2.45) is 0 Å². The second-order valence-corrected chi connectivity index (χ2v) is 12.3. The molecule has 4 aromatic heterocycles. The Kier molecular flexibility index (Phi) is 7.48. The van der Waals surface area contributed by atoms with E-state index in [0.717, 1.165) is 111 Å². The van der Waals surface area contributed by atoms with Gasteiger partial charge in [0.15, 0.2) is 5.58 Å². The molecule has 8 nitrogen and oxygen atoms in total. The predicted octanol–water partition coefficient (Wildman–Crippen LogP) is 10.3. The lowest BCUT2D eigenvalue weighted by atomic mass is 10.0. The largest absolute Gasteiger partial charge is 0.481 e. The van der Waals surface area contributed by atoms with Crippen molar-refractivity contribution in [2.45, 2.75) is 58.4 Å². The molecule has 0 fully saturated rings. The van der Waals surface area contributed by atoms with Gasteiger partial charge >= 0.3 is 5.97 Å². The van der Waals surface area contributed by atoms with E-state index in [2.05, 4.69) is 64.3 Å². The number of pyridine rings is 1. The number of hydrogen-bond acceptors (Lipinski definition) is 6. The topological polar surface area (TPSA) is 106 Å². The molecule has 8 rings (SSSR count). The number of rotatable bonds is 12. The maximum absolute atomic E-state index is 11.0. The molecule has 2 N–H and O–H groups in total. The van der Waals surface area contributed by atoms with Gasteiger partial charge in [-0.3, -0.25) is 9.78 Å². The van der Waals surface area contributed by atoms with Crippen LogP contribution in [0, 0.1) is 0 Å². The van der Waals surface area contributed by atoms with E-state index >= 15 is 0 Å². The second-order valence-electron chi connectivity index (χ2n) is 12.3. The van der Waals surface area contributed by atoms with Crippen molar-refractivity contribution in [1.29, 1.82) is 0 Å². The summed E-state index contributed by atoms with van der Waals surface area (Å²) >= 11 is 0. The lowest BCUT2D eigenvalue weighted by molar-refractivity contribution is -0.137. The lowest BCUT2D eigenvalue weighted by Gasteiger charge is -2.08. The first-order chi connectivity index (χ1) is 23.1. The van der Waals surface area contributed by atoms with E-state index in [1.807, 2.05) is 30.3 Å². The van der Waals surface area contributed by atoms with Crippen LogP contribution >= 0.6 is 0 Å². The first-order valence-corrected chi connectivity index (χ1v) is 16.6. The Morgan fingerprint density at radius 2 is 1.68 bits per heavy atom. The van der Waals surface area contributed by atoms with Crippen LogP contribution < -0.4 is 5.32 Å². The van der Waals surface area contributed by atoms with Crippen LogP contribution in [-0.2, 0) is 11.3 Å². The first-order valence-electron chi connectivity index (χ1n) is 16.6. The number of nitrogens with zero attached hydrogens (tertiary/aromatic N) is 3. The molecule has 8 aromatic rings. The van der Waals surface area contributed by atoms with Crippen LogP contribution in [0.3, 0.4) is 0 Å². The predicted molar refractivity (Wildman–Crippen MR) is 189 cm³/mol. The van der Waals surface area contributed by atoms with E-state index in [9.17, 15) is 4.79 Å². The normalized spacial score (nSPS) is 12.0. The summed E-state index contributed by atoms with van der Waals surface area (Å²) in [6.07, 6.45) is 7.68. The molecular formula is C39H36N4O4. The Morgan fingerprint density at radius 3 is 2.55 bits per heavy atom. The fraction of sp³-hybridized carbons (Fsp3) is 0.256. The molecule has 0 aliphatic carbocycles. The zero-order valence-corrected chi connectivity index (χ0v) is 26.4. The van der Waals surface area contributed by atoms with Crippen molar-refractivity contribution in [1.82, 2.24) is 14.5 Å². The summed E-state index contributed by atoms with van der Waals surface area (Å²) in [6, 6.07) is 24.9. The number of aryl methyl sites for hydroxylation is 1. The van der Waals surface area contributed by atoms with Crippen molar-refractivity contribution >= 4 is 77.4 Å². The monoisotopic (exact) mass is 624 g/mol. The Balaban J connectivity index is 1.38. The summed E-state index contributed by atoms with van der Waals surface area (Å²) in [4.78, 5) is 20.8. The summed E-state index contributed by atoms with van der Waals surface area (Å²) < 4.78 is 15.8. The third-order valence-electron chi connectivity index (χ3n) is 9.23. The number of nitrogens with one attached hydrogen (secondary N) is 1. The molecule has 0 aliphatic rings. The standard InChI is InChI=1S/C39H36N4O4/c1-2-3-20-40-24-17-18-28-31(23-24)46-37-34(28)33-27-13-8-10-15-30(27)43(22-11-5-4-6-16-32(44)45)36(33)35-38(37)47-39(42-35)26-19-21-41-29-14-9-7-12-25(26)29/h7-10,12-15,17-19,21,23,40H,2-6,11,16,20,22H2,1H3,(H,44,45). The highest BCUT2D eigenvalue weighted by Crippen LogP contribution is 2.46. The number of aromatic nitrogens is 3. The number of furan rings is 1. The van der Waals surface area contributed by atoms with Crippen molar-refractivity contribution in [3.05, 3.63) is 79.0 Å². The molecule has 0 amide bonds. The average Bonchev–Trinajstić information content (AvgIpc) is 3.78. The van der Waals surface area contributed by atoms with Crippen LogP contribution in [0.5, 0.6) is 0 Å². The zero-order chi connectivity index (χ0) is 31.9. The van der Waals surface area contributed by atoms with Crippen LogP contribution in [0.25, 0.3) is 77.2 Å². The third kappa shape index (κ3) is 5.04. The van der Waals surface area contributed by atoms with Crippen molar-refractivity contribution in [3.8, 4) is 11.5 Å². The van der Waals surface area contributed by atoms with Gasteiger partial charge in [-0.05, 0) is 49.6 Å². The summed E-state index contributed by atoms with van der Waals surface area (Å²) in [5, 5.41) is 17.9.